The first-order valence-corrected chi connectivity index (χ1v) is 21.7. The van der Waals surface area contributed by atoms with Crippen LogP contribution in [0.15, 0.2) is 199 Å². The molecule has 0 atom stereocenters. The lowest BCUT2D eigenvalue weighted by Crippen LogP contribution is -2.00. The predicted molar refractivity (Wildman–Crippen MR) is 257 cm³/mol. The molecule has 13 rings (SSSR count). The van der Waals surface area contributed by atoms with Gasteiger partial charge in [-0.3, -0.25) is 0 Å². The summed E-state index contributed by atoms with van der Waals surface area (Å²) in [6.45, 7) is 0. The quantitative estimate of drug-likeness (QED) is 0.166. The SMILES string of the molecule is c1ccc(-c2nc(-c3ccc4c(c3)oc3c(-c5nc(-c6ccccc6)c6sc7ccccc7c6n5)cccc34)nc(-c3cccc4c3c3ccccc3n4-c3ccccc3)n2)cc1. The molecule has 8 heteroatoms. The van der Waals surface area contributed by atoms with E-state index in [1.807, 2.05) is 48.5 Å². The standard InChI is InChI=1S/C55H32N6OS/c1-4-16-33(17-5-1)48-51-49(40-23-11-13-29-46(40)63-51)57-55(56-48)42-26-14-24-38-37-31-30-35(32-45(37)62-50(38)42)53-58-52(34-18-6-2-7-19-34)59-54(60-53)41-25-15-28-44-47(41)39-22-10-12-27-43(39)61(44)36-20-8-3-9-21-36/h1-32H. The first-order chi connectivity index (χ1) is 31.2. The Balaban J connectivity index is 0.996. The van der Waals surface area contributed by atoms with Gasteiger partial charge in [-0.2, -0.15) is 0 Å². The fraction of sp³-hybridized carbons (Fsp3) is 0. The van der Waals surface area contributed by atoms with E-state index in [1.54, 1.807) is 11.3 Å². The van der Waals surface area contributed by atoms with Gasteiger partial charge in [0.2, 0.25) is 0 Å². The molecule has 0 saturated carbocycles. The van der Waals surface area contributed by atoms with Crippen molar-refractivity contribution < 1.29 is 4.42 Å². The number of thiophene rings is 1. The van der Waals surface area contributed by atoms with Crippen molar-refractivity contribution in [1.29, 1.82) is 0 Å². The Morgan fingerprint density at radius 3 is 1.86 bits per heavy atom. The third-order valence-electron chi connectivity index (χ3n) is 11.9. The van der Waals surface area contributed by atoms with Gasteiger partial charge in [-0.15, -0.1) is 11.3 Å². The largest absolute Gasteiger partial charge is 0.455 e. The zero-order chi connectivity index (χ0) is 41.4. The summed E-state index contributed by atoms with van der Waals surface area (Å²) in [4.78, 5) is 26.1. The number of nitrogens with zero attached hydrogens (tertiary/aromatic N) is 6. The second-order valence-corrected chi connectivity index (χ2v) is 16.6. The van der Waals surface area contributed by atoms with E-state index in [1.165, 1.54) is 4.70 Å². The van der Waals surface area contributed by atoms with Gasteiger partial charge in [0.15, 0.2) is 23.3 Å². The summed E-state index contributed by atoms with van der Waals surface area (Å²) < 4.78 is 11.4. The van der Waals surface area contributed by atoms with Crippen LogP contribution in [0.1, 0.15) is 0 Å². The smallest absolute Gasteiger partial charge is 0.164 e. The zero-order valence-corrected chi connectivity index (χ0v) is 34.3. The molecule has 0 amide bonds. The molecule has 8 aromatic carbocycles. The highest BCUT2D eigenvalue weighted by Gasteiger charge is 2.22. The molecule has 63 heavy (non-hydrogen) atoms. The molecule has 0 fully saturated rings. The average molecular weight is 825 g/mol. The number of para-hydroxylation sites is 3. The summed E-state index contributed by atoms with van der Waals surface area (Å²) in [5.74, 6) is 2.35. The molecular weight excluding hydrogens is 793 g/mol. The molecule has 0 radical (unpaired) electrons. The summed E-state index contributed by atoms with van der Waals surface area (Å²) in [6, 6.07) is 66.7. The van der Waals surface area contributed by atoms with Crippen molar-refractivity contribution in [3.05, 3.63) is 194 Å². The van der Waals surface area contributed by atoms with Crippen LogP contribution in [-0.4, -0.2) is 29.5 Å². The van der Waals surface area contributed by atoms with Crippen LogP contribution in [0.5, 0.6) is 0 Å². The average Bonchev–Trinajstić information content (AvgIpc) is 4.04. The van der Waals surface area contributed by atoms with E-state index < -0.39 is 0 Å². The van der Waals surface area contributed by atoms with E-state index in [0.717, 1.165) is 98.5 Å². The first-order valence-electron chi connectivity index (χ1n) is 20.8. The predicted octanol–water partition coefficient (Wildman–Crippen LogP) is 14.4. The van der Waals surface area contributed by atoms with Crippen LogP contribution in [0.25, 0.3) is 127 Å². The van der Waals surface area contributed by atoms with Crippen molar-refractivity contribution >= 4 is 75.4 Å². The molecule has 294 valence electrons. The summed E-state index contributed by atoms with van der Waals surface area (Å²) in [5, 5.41) is 5.29. The van der Waals surface area contributed by atoms with Gasteiger partial charge < -0.3 is 8.98 Å². The highest BCUT2D eigenvalue weighted by atomic mass is 32.1. The molecule has 0 aliphatic rings. The topological polar surface area (TPSA) is 82.5 Å². The molecule has 0 unspecified atom stereocenters. The van der Waals surface area contributed by atoms with E-state index >= 15 is 0 Å². The Labute approximate surface area is 364 Å². The number of aromatic nitrogens is 6. The van der Waals surface area contributed by atoms with Crippen LogP contribution >= 0.6 is 11.3 Å². The molecule has 5 heterocycles. The maximum absolute atomic E-state index is 6.86. The van der Waals surface area contributed by atoms with Gasteiger partial charge in [-0.05, 0) is 48.5 Å². The van der Waals surface area contributed by atoms with Gasteiger partial charge >= 0.3 is 0 Å². The van der Waals surface area contributed by atoms with Crippen molar-refractivity contribution in [2.45, 2.75) is 0 Å². The van der Waals surface area contributed by atoms with Gasteiger partial charge in [0.1, 0.15) is 11.2 Å². The summed E-state index contributed by atoms with van der Waals surface area (Å²) in [7, 11) is 0. The Morgan fingerprint density at radius 2 is 1.03 bits per heavy atom. The van der Waals surface area contributed by atoms with Crippen LogP contribution in [0, 0.1) is 0 Å². The molecule has 0 aliphatic heterocycles. The molecule has 0 saturated heterocycles. The lowest BCUT2D eigenvalue weighted by atomic mass is 10.0. The molecule has 5 aromatic heterocycles. The summed E-state index contributed by atoms with van der Waals surface area (Å²) in [6.07, 6.45) is 0. The van der Waals surface area contributed by atoms with Gasteiger partial charge in [0.05, 0.1) is 32.5 Å². The number of benzene rings is 8. The van der Waals surface area contributed by atoms with Crippen LogP contribution in [0.3, 0.4) is 0 Å². The van der Waals surface area contributed by atoms with Crippen molar-refractivity contribution in [3.63, 3.8) is 0 Å². The van der Waals surface area contributed by atoms with E-state index in [0.29, 0.717) is 23.3 Å². The minimum absolute atomic E-state index is 0.552. The van der Waals surface area contributed by atoms with E-state index in [-0.39, 0.29) is 0 Å². The van der Waals surface area contributed by atoms with Gasteiger partial charge in [0.25, 0.3) is 0 Å². The number of rotatable bonds is 6. The van der Waals surface area contributed by atoms with Crippen molar-refractivity contribution in [1.82, 2.24) is 29.5 Å². The van der Waals surface area contributed by atoms with E-state index in [2.05, 4.69) is 150 Å². The van der Waals surface area contributed by atoms with Crippen molar-refractivity contribution in [2.24, 2.45) is 0 Å². The highest BCUT2D eigenvalue weighted by Crippen LogP contribution is 2.43. The second kappa shape index (κ2) is 14.1. The van der Waals surface area contributed by atoms with Crippen molar-refractivity contribution in [3.8, 4) is 62.5 Å². The Bertz CT molecular complexity index is 3910. The molecule has 0 aliphatic carbocycles. The Morgan fingerprint density at radius 1 is 0.413 bits per heavy atom. The van der Waals surface area contributed by atoms with Crippen molar-refractivity contribution in [2.75, 3.05) is 0 Å². The monoisotopic (exact) mass is 824 g/mol. The number of hydrogen-bond acceptors (Lipinski definition) is 7. The van der Waals surface area contributed by atoms with Crippen LogP contribution in [-0.2, 0) is 0 Å². The lowest BCUT2D eigenvalue weighted by molar-refractivity contribution is 0.669. The summed E-state index contributed by atoms with van der Waals surface area (Å²) >= 11 is 1.73. The van der Waals surface area contributed by atoms with Crippen LogP contribution in [0.4, 0.5) is 0 Å². The fourth-order valence-corrected chi connectivity index (χ4v) is 10.2. The number of furan rings is 1. The number of fused-ring (bicyclic) bond motifs is 9. The molecule has 7 nitrogen and oxygen atoms in total. The van der Waals surface area contributed by atoms with Crippen LogP contribution in [0.2, 0.25) is 0 Å². The first kappa shape index (κ1) is 35.4. The molecular formula is C55H32N6OS. The maximum atomic E-state index is 6.86. The molecule has 13 aromatic rings. The molecule has 0 spiro atoms. The Kier molecular flexibility index (Phi) is 7.94. The Hall–Kier alpha value is -8.33. The normalized spacial score (nSPS) is 11.8. The third-order valence-corrected chi connectivity index (χ3v) is 13.1. The fourth-order valence-electron chi connectivity index (χ4n) is 9.02. The van der Waals surface area contributed by atoms with Gasteiger partial charge in [0, 0.05) is 59.6 Å². The van der Waals surface area contributed by atoms with Gasteiger partial charge in [-0.1, -0.05) is 146 Å². The van der Waals surface area contributed by atoms with E-state index in [9.17, 15) is 0 Å². The minimum atomic E-state index is 0.552. The third kappa shape index (κ3) is 5.69. The van der Waals surface area contributed by atoms with Gasteiger partial charge in [-0.25, -0.2) is 24.9 Å². The summed E-state index contributed by atoms with van der Waals surface area (Å²) in [5.41, 5.74) is 11.1. The maximum Gasteiger partial charge on any atom is 0.164 e. The second-order valence-electron chi connectivity index (χ2n) is 15.6. The number of hydrogen-bond donors (Lipinski definition) is 0. The van der Waals surface area contributed by atoms with Crippen LogP contribution < -0.4 is 0 Å². The minimum Gasteiger partial charge on any atom is -0.455 e. The highest BCUT2D eigenvalue weighted by molar-refractivity contribution is 7.26. The van der Waals surface area contributed by atoms with E-state index in [4.69, 9.17) is 29.3 Å². The molecule has 0 bridgehead atoms. The lowest BCUT2D eigenvalue weighted by Gasteiger charge is -2.10. The zero-order valence-electron chi connectivity index (χ0n) is 33.5. The molecule has 0 N–H and O–H groups in total.